The summed E-state index contributed by atoms with van der Waals surface area (Å²) in [7, 11) is 0. The third-order valence-electron chi connectivity index (χ3n) is 4.94. The third-order valence-corrected chi connectivity index (χ3v) is 4.94. The molecule has 1 saturated heterocycles. The minimum Gasteiger partial charge on any atom is -0.333 e. The van der Waals surface area contributed by atoms with Crippen LogP contribution in [0.3, 0.4) is 0 Å². The molecule has 2 aliphatic rings. The standard InChI is InChI=1S/C17H23N5O/c1-17(13-18,14-5-6-14)20-16(23)12-21-8-10-22(11-9-21)15-4-2-3-7-19-15/h2-4,7,14H,5-6,8-12H2,1H3,(H,20,23)/p+2/t17-/m0/s1. The van der Waals surface area contributed by atoms with Crippen LogP contribution in [0.25, 0.3) is 0 Å². The Hall–Kier alpha value is -2.13. The van der Waals surface area contributed by atoms with Crippen molar-refractivity contribution in [1.82, 2.24) is 5.32 Å². The van der Waals surface area contributed by atoms with Crippen molar-refractivity contribution in [1.29, 1.82) is 5.26 Å². The van der Waals surface area contributed by atoms with Gasteiger partial charge in [-0.1, -0.05) is 6.07 Å². The highest BCUT2D eigenvalue weighted by molar-refractivity contribution is 5.78. The van der Waals surface area contributed by atoms with Crippen molar-refractivity contribution in [2.75, 3.05) is 37.6 Å². The number of carbonyl (C=O) groups is 1. The van der Waals surface area contributed by atoms with Gasteiger partial charge in [0.05, 0.1) is 12.3 Å². The van der Waals surface area contributed by atoms with E-state index in [1.54, 1.807) is 0 Å². The Morgan fingerprint density at radius 3 is 2.78 bits per heavy atom. The minimum absolute atomic E-state index is 0.00401. The number of aromatic amines is 1. The maximum atomic E-state index is 12.3. The van der Waals surface area contributed by atoms with Gasteiger partial charge in [0.2, 0.25) is 0 Å². The summed E-state index contributed by atoms with van der Waals surface area (Å²) in [4.78, 5) is 19.1. The first-order valence-electron chi connectivity index (χ1n) is 8.38. The minimum atomic E-state index is -0.683. The second-order valence-electron chi connectivity index (χ2n) is 6.80. The summed E-state index contributed by atoms with van der Waals surface area (Å²) >= 11 is 0. The summed E-state index contributed by atoms with van der Waals surface area (Å²) in [6.45, 7) is 6.03. The molecule has 1 aliphatic carbocycles. The number of rotatable bonds is 5. The normalized spacial score (nSPS) is 21.3. The summed E-state index contributed by atoms with van der Waals surface area (Å²) in [5.41, 5.74) is -0.683. The number of quaternary nitrogens is 1. The Kier molecular flexibility index (Phi) is 4.49. The van der Waals surface area contributed by atoms with Crippen molar-refractivity contribution in [3.8, 4) is 6.07 Å². The lowest BCUT2D eigenvalue weighted by atomic mass is 9.98. The number of piperazine rings is 1. The van der Waals surface area contributed by atoms with Crippen molar-refractivity contribution >= 4 is 11.7 Å². The fourth-order valence-corrected chi connectivity index (χ4v) is 3.26. The van der Waals surface area contributed by atoms with Crippen molar-refractivity contribution in [3.63, 3.8) is 0 Å². The molecule has 1 aromatic heterocycles. The highest BCUT2D eigenvalue weighted by atomic mass is 16.2. The van der Waals surface area contributed by atoms with E-state index < -0.39 is 5.54 Å². The van der Waals surface area contributed by atoms with Gasteiger partial charge >= 0.3 is 0 Å². The summed E-state index contributed by atoms with van der Waals surface area (Å²) in [5, 5.41) is 12.3. The van der Waals surface area contributed by atoms with E-state index in [9.17, 15) is 10.1 Å². The number of anilines is 1. The van der Waals surface area contributed by atoms with E-state index in [2.05, 4.69) is 27.3 Å². The van der Waals surface area contributed by atoms with E-state index in [1.165, 1.54) is 4.90 Å². The van der Waals surface area contributed by atoms with Gasteiger partial charge in [-0.3, -0.25) is 9.69 Å². The van der Waals surface area contributed by atoms with Gasteiger partial charge in [0.1, 0.15) is 31.7 Å². The SMILES string of the molecule is C[C@@](C#N)(NC(=O)C[NH+]1CCN(c2cccc[nH+]2)CC1)C1CC1. The van der Waals surface area contributed by atoms with Gasteiger partial charge in [-0.2, -0.15) is 5.26 Å². The van der Waals surface area contributed by atoms with Crippen LogP contribution in [0.2, 0.25) is 0 Å². The summed E-state index contributed by atoms with van der Waals surface area (Å²) < 4.78 is 0. The van der Waals surface area contributed by atoms with Gasteiger partial charge in [0.25, 0.3) is 11.7 Å². The van der Waals surface area contributed by atoms with E-state index in [4.69, 9.17) is 0 Å². The first-order valence-corrected chi connectivity index (χ1v) is 8.38. The maximum absolute atomic E-state index is 12.3. The molecule has 0 unspecified atom stereocenters. The van der Waals surface area contributed by atoms with Gasteiger partial charge < -0.3 is 10.2 Å². The van der Waals surface area contributed by atoms with Crippen LogP contribution in [-0.4, -0.2) is 44.2 Å². The lowest BCUT2D eigenvalue weighted by Gasteiger charge is -2.29. The molecule has 23 heavy (non-hydrogen) atoms. The zero-order valence-electron chi connectivity index (χ0n) is 13.6. The van der Waals surface area contributed by atoms with Gasteiger partial charge in [0.15, 0.2) is 6.54 Å². The zero-order chi connectivity index (χ0) is 16.3. The molecule has 0 aromatic carbocycles. The lowest BCUT2D eigenvalue weighted by Crippen LogP contribution is -3.16. The Morgan fingerprint density at radius 2 is 2.22 bits per heavy atom. The number of hydrogen-bond acceptors (Lipinski definition) is 3. The highest BCUT2D eigenvalue weighted by Gasteiger charge is 2.43. The molecule has 122 valence electrons. The number of amides is 1. The van der Waals surface area contributed by atoms with E-state index in [1.807, 2.05) is 25.3 Å². The Morgan fingerprint density at radius 1 is 1.48 bits per heavy atom. The largest absolute Gasteiger partial charge is 0.333 e. The van der Waals surface area contributed by atoms with Crippen molar-refractivity contribution in [2.24, 2.45) is 5.92 Å². The van der Waals surface area contributed by atoms with E-state index >= 15 is 0 Å². The average Bonchev–Trinajstić information content (AvgIpc) is 3.41. The molecule has 2 heterocycles. The first-order chi connectivity index (χ1) is 11.1. The number of nitriles is 1. The number of nitrogens with zero attached hydrogens (tertiary/aromatic N) is 2. The molecule has 0 bridgehead atoms. The predicted molar refractivity (Wildman–Crippen MR) is 85.7 cm³/mol. The molecule has 6 heteroatoms. The van der Waals surface area contributed by atoms with Crippen molar-refractivity contribution in [2.45, 2.75) is 25.3 Å². The molecule has 1 aliphatic heterocycles. The molecule has 0 radical (unpaired) electrons. The lowest BCUT2D eigenvalue weighted by molar-refractivity contribution is -0.892. The Labute approximate surface area is 137 Å². The van der Waals surface area contributed by atoms with Gasteiger partial charge in [0, 0.05) is 6.07 Å². The second-order valence-corrected chi connectivity index (χ2v) is 6.80. The van der Waals surface area contributed by atoms with Gasteiger partial charge in [-0.15, -0.1) is 0 Å². The molecule has 1 amide bonds. The van der Waals surface area contributed by atoms with E-state index in [0.29, 0.717) is 12.5 Å². The number of carbonyl (C=O) groups excluding carboxylic acids is 1. The highest BCUT2D eigenvalue weighted by Crippen LogP contribution is 2.39. The molecule has 0 spiro atoms. The summed E-state index contributed by atoms with van der Waals surface area (Å²) in [6, 6.07) is 8.36. The molecule has 3 N–H and O–H groups in total. The number of nitrogens with one attached hydrogen (secondary N) is 3. The third kappa shape index (κ3) is 3.80. The monoisotopic (exact) mass is 315 g/mol. The van der Waals surface area contributed by atoms with Crippen LogP contribution in [0.1, 0.15) is 19.8 Å². The summed E-state index contributed by atoms with van der Waals surface area (Å²) in [5.74, 6) is 1.45. The fraction of sp³-hybridized carbons (Fsp3) is 0.588. The first kappa shape index (κ1) is 15.8. The Balaban J connectivity index is 1.47. The predicted octanol–water partition coefficient (Wildman–Crippen LogP) is -0.986. The zero-order valence-corrected chi connectivity index (χ0v) is 13.6. The number of pyridine rings is 1. The smallest absolute Gasteiger partial charge is 0.276 e. The number of H-pyrrole nitrogens is 1. The van der Waals surface area contributed by atoms with Crippen LogP contribution >= 0.6 is 0 Å². The van der Waals surface area contributed by atoms with E-state index in [0.717, 1.165) is 44.8 Å². The van der Waals surface area contributed by atoms with Crippen LogP contribution in [0.4, 0.5) is 5.82 Å². The molecule has 6 nitrogen and oxygen atoms in total. The van der Waals surface area contributed by atoms with Crippen LogP contribution in [0, 0.1) is 17.2 Å². The topological polar surface area (TPSA) is 74.7 Å². The van der Waals surface area contributed by atoms with Crippen molar-refractivity contribution in [3.05, 3.63) is 24.4 Å². The van der Waals surface area contributed by atoms with Crippen molar-refractivity contribution < 1.29 is 14.7 Å². The maximum Gasteiger partial charge on any atom is 0.276 e. The Bertz CT molecular complexity index is 587. The van der Waals surface area contributed by atoms with E-state index in [-0.39, 0.29) is 5.91 Å². The number of hydrogen-bond donors (Lipinski definition) is 2. The molecule has 1 atom stereocenters. The summed E-state index contributed by atoms with van der Waals surface area (Å²) in [6.07, 6.45) is 4.02. The van der Waals surface area contributed by atoms with Crippen LogP contribution in [0.5, 0.6) is 0 Å². The van der Waals surface area contributed by atoms with Crippen LogP contribution in [0.15, 0.2) is 24.4 Å². The molecular formula is C17H25N5O+2. The molecular weight excluding hydrogens is 290 g/mol. The second kappa shape index (κ2) is 6.55. The molecule has 1 aromatic rings. The average molecular weight is 315 g/mol. The molecule has 3 rings (SSSR count). The molecule has 2 fully saturated rings. The van der Waals surface area contributed by atoms with Gasteiger partial charge in [-0.05, 0) is 31.7 Å². The van der Waals surface area contributed by atoms with Gasteiger partial charge in [-0.25, -0.2) is 4.98 Å². The van der Waals surface area contributed by atoms with Crippen LogP contribution in [-0.2, 0) is 4.79 Å². The number of aromatic nitrogens is 1. The molecule has 1 saturated carbocycles. The quantitative estimate of drug-likeness (QED) is 0.733. The fourth-order valence-electron chi connectivity index (χ4n) is 3.26. The van der Waals surface area contributed by atoms with Crippen LogP contribution < -0.4 is 20.1 Å².